The van der Waals surface area contributed by atoms with Crippen LogP contribution < -0.4 is 5.32 Å². The Morgan fingerprint density at radius 1 is 1.36 bits per heavy atom. The topological polar surface area (TPSA) is 42.2 Å². The molecule has 1 aromatic carbocycles. The highest BCUT2D eigenvalue weighted by atomic mass is 32.2. The zero-order valence-electron chi connectivity index (χ0n) is 12.7. The van der Waals surface area contributed by atoms with Crippen LogP contribution in [-0.4, -0.2) is 12.2 Å². The molecule has 0 saturated heterocycles. The Labute approximate surface area is 134 Å². The van der Waals surface area contributed by atoms with Gasteiger partial charge < -0.3 is 9.73 Å². The fourth-order valence-corrected chi connectivity index (χ4v) is 2.88. The Morgan fingerprint density at radius 3 is 2.91 bits per heavy atom. The second-order valence-electron chi connectivity index (χ2n) is 5.61. The Kier molecular flexibility index (Phi) is 4.39. The van der Waals surface area contributed by atoms with Gasteiger partial charge in [0.05, 0.1) is 0 Å². The quantitative estimate of drug-likeness (QED) is 0.638. The Hall–Kier alpha value is -1.94. The molecule has 1 aliphatic carbocycles. The van der Waals surface area contributed by atoms with Gasteiger partial charge in [-0.25, -0.2) is 0 Å². The van der Waals surface area contributed by atoms with Crippen molar-refractivity contribution in [2.24, 2.45) is 5.92 Å². The average Bonchev–Trinajstić information content (AvgIpc) is 3.07. The van der Waals surface area contributed by atoms with Crippen molar-refractivity contribution in [3.8, 4) is 0 Å². The molecule has 1 amide bonds. The van der Waals surface area contributed by atoms with Gasteiger partial charge in [-0.05, 0) is 55.0 Å². The number of carbonyl (C=O) groups is 1. The van der Waals surface area contributed by atoms with Crippen LogP contribution >= 0.6 is 11.8 Å². The van der Waals surface area contributed by atoms with E-state index in [1.807, 2.05) is 42.7 Å². The van der Waals surface area contributed by atoms with Crippen LogP contribution in [0.1, 0.15) is 30.8 Å². The molecule has 4 heteroatoms. The summed E-state index contributed by atoms with van der Waals surface area (Å²) in [5, 5.41) is 2.86. The van der Waals surface area contributed by atoms with E-state index in [0.29, 0.717) is 5.92 Å². The van der Waals surface area contributed by atoms with E-state index in [2.05, 4.69) is 12.2 Å². The van der Waals surface area contributed by atoms with E-state index >= 15 is 0 Å². The Balaban J connectivity index is 1.59. The second kappa shape index (κ2) is 6.44. The van der Waals surface area contributed by atoms with E-state index in [9.17, 15) is 4.79 Å². The SMILES string of the molecule is CSc1cccc(NC(=O)/C=C/c2ccc([C@H]3C[C@H]3C)o2)c1. The molecule has 0 spiro atoms. The predicted octanol–water partition coefficient (Wildman–Crippen LogP) is 4.78. The van der Waals surface area contributed by atoms with Gasteiger partial charge in [0.1, 0.15) is 11.5 Å². The van der Waals surface area contributed by atoms with Gasteiger partial charge in [-0.15, -0.1) is 11.8 Å². The van der Waals surface area contributed by atoms with Crippen molar-refractivity contribution in [1.82, 2.24) is 0 Å². The van der Waals surface area contributed by atoms with E-state index < -0.39 is 0 Å². The summed E-state index contributed by atoms with van der Waals surface area (Å²) in [5.41, 5.74) is 0.799. The maximum Gasteiger partial charge on any atom is 0.248 e. The van der Waals surface area contributed by atoms with Crippen LogP contribution in [-0.2, 0) is 4.79 Å². The number of nitrogens with one attached hydrogen (secondary N) is 1. The molecular weight excluding hydrogens is 294 g/mol. The summed E-state index contributed by atoms with van der Waals surface area (Å²) < 4.78 is 5.74. The molecule has 1 saturated carbocycles. The van der Waals surface area contributed by atoms with Crippen molar-refractivity contribution in [2.75, 3.05) is 11.6 Å². The van der Waals surface area contributed by atoms with Crippen LogP contribution in [0.5, 0.6) is 0 Å². The number of hydrogen-bond donors (Lipinski definition) is 1. The minimum atomic E-state index is -0.156. The minimum Gasteiger partial charge on any atom is -0.461 e. The third-order valence-corrected chi connectivity index (χ3v) is 4.58. The van der Waals surface area contributed by atoms with Crippen molar-refractivity contribution in [3.05, 3.63) is 54.0 Å². The molecular formula is C18H19NO2S. The summed E-state index contributed by atoms with van der Waals surface area (Å²) in [6, 6.07) is 11.7. The molecule has 0 unspecified atom stereocenters. The van der Waals surface area contributed by atoms with Crippen LogP contribution in [0.15, 0.2) is 51.8 Å². The Morgan fingerprint density at radius 2 is 2.18 bits per heavy atom. The van der Waals surface area contributed by atoms with Gasteiger partial charge in [-0.1, -0.05) is 13.0 Å². The lowest BCUT2D eigenvalue weighted by Gasteiger charge is -2.03. The van der Waals surface area contributed by atoms with E-state index in [4.69, 9.17) is 4.42 Å². The van der Waals surface area contributed by atoms with Gasteiger partial charge in [0.15, 0.2) is 0 Å². The van der Waals surface area contributed by atoms with E-state index in [1.165, 1.54) is 12.5 Å². The van der Waals surface area contributed by atoms with Crippen LogP contribution in [0.25, 0.3) is 6.08 Å². The lowest BCUT2D eigenvalue weighted by Crippen LogP contribution is -2.07. The normalized spacial score (nSPS) is 20.3. The number of carbonyl (C=O) groups excluding carboxylic acids is 1. The third kappa shape index (κ3) is 3.63. The summed E-state index contributed by atoms with van der Waals surface area (Å²) >= 11 is 1.65. The van der Waals surface area contributed by atoms with E-state index in [-0.39, 0.29) is 5.91 Å². The number of amides is 1. The highest BCUT2D eigenvalue weighted by Crippen LogP contribution is 2.47. The summed E-state index contributed by atoms with van der Waals surface area (Å²) in [6.45, 7) is 2.22. The molecule has 1 heterocycles. The van der Waals surface area contributed by atoms with Gasteiger partial charge in [-0.2, -0.15) is 0 Å². The summed E-state index contributed by atoms with van der Waals surface area (Å²) in [4.78, 5) is 13.1. The van der Waals surface area contributed by atoms with Crippen molar-refractivity contribution in [2.45, 2.75) is 24.2 Å². The van der Waals surface area contributed by atoms with Crippen molar-refractivity contribution >= 4 is 29.4 Å². The largest absolute Gasteiger partial charge is 0.461 e. The fourth-order valence-electron chi connectivity index (χ4n) is 2.42. The Bertz CT molecular complexity index is 705. The summed E-state index contributed by atoms with van der Waals surface area (Å²) in [7, 11) is 0. The molecule has 1 fully saturated rings. The standard InChI is InChI=1S/C18H19NO2S/c1-12-10-16(12)17-8-6-14(21-17)7-9-18(20)19-13-4-3-5-15(11-13)22-2/h3-9,11-12,16H,10H2,1-2H3,(H,19,20)/b9-7+/t12-,16+/m1/s1. The molecule has 1 aromatic heterocycles. The van der Waals surface area contributed by atoms with Gasteiger partial charge in [0.2, 0.25) is 5.91 Å². The molecule has 2 atom stereocenters. The molecule has 0 radical (unpaired) electrons. The molecule has 3 rings (SSSR count). The first-order valence-corrected chi connectivity index (χ1v) is 8.61. The highest BCUT2D eigenvalue weighted by Gasteiger charge is 2.36. The van der Waals surface area contributed by atoms with Crippen LogP contribution in [0.3, 0.4) is 0 Å². The van der Waals surface area contributed by atoms with Crippen molar-refractivity contribution < 1.29 is 9.21 Å². The maximum atomic E-state index is 11.9. The number of anilines is 1. The van der Waals surface area contributed by atoms with Gasteiger partial charge in [0.25, 0.3) is 0 Å². The number of furan rings is 1. The average molecular weight is 313 g/mol. The van der Waals surface area contributed by atoms with Crippen LogP contribution in [0.2, 0.25) is 0 Å². The fraction of sp³-hybridized carbons (Fsp3) is 0.278. The number of benzene rings is 1. The van der Waals surface area contributed by atoms with E-state index in [0.717, 1.165) is 28.0 Å². The maximum absolute atomic E-state index is 11.9. The molecule has 3 nitrogen and oxygen atoms in total. The second-order valence-corrected chi connectivity index (χ2v) is 6.49. The van der Waals surface area contributed by atoms with Crippen molar-refractivity contribution in [1.29, 1.82) is 0 Å². The number of rotatable bonds is 5. The zero-order valence-corrected chi connectivity index (χ0v) is 13.5. The molecule has 0 bridgehead atoms. The lowest BCUT2D eigenvalue weighted by atomic mass is 10.3. The molecule has 1 aliphatic rings. The predicted molar refractivity (Wildman–Crippen MR) is 91.1 cm³/mol. The molecule has 114 valence electrons. The molecule has 22 heavy (non-hydrogen) atoms. The minimum absolute atomic E-state index is 0.156. The number of hydrogen-bond acceptors (Lipinski definition) is 3. The summed E-state index contributed by atoms with van der Waals surface area (Å²) in [5.74, 6) is 2.87. The monoisotopic (exact) mass is 313 g/mol. The summed E-state index contributed by atoms with van der Waals surface area (Å²) in [6.07, 6.45) is 6.42. The van der Waals surface area contributed by atoms with Gasteiger partial charge in [-0.3, -0.25) is 4.79 Å². The molecule has 1 N–H and O–H groups in total. The number of thioether (sulfide) groups is 1. The first kappa shape index (κ1) is 15.0. The first-order chi connectivity index (χ1) is 10.7. The van der Waals surface area contributed by atoms with Gasteiger partial charge in [0, 0.05) is 22.6 Å². The first-order valence-electron chi connectivity index (χ1n) is 7.38. The zero-order chi connectivity index (χ0) is 15.5. The highest BCUT2D eigenvalue weighted by molar-refractivity contribution is 7.98. The smallest absolute Gasteiger partial charge is 0.248 e. The van der Waals surface area contributed by atoms with Crippen LogP contribution in [0.4, 0.5) is 5.69 Å². The molecule has 2 aromatic rings. The van der Waals surface area contributed by atoms with Crippen LogP contribution in [0, 0.1) is 5.92 Å². The molecule has 0 aliphatic heterocycles. The lowest BCUT2D eigenvalue weighted by molar-refractivity contribution is -0.111. The third-order valence-electron chi connectivity index (χ3n) is 3.86. The van der Waals surface area contributed by atoms with Crippen molar-refractivity contribution in [3.63, 3.8) is 0 Å². The van der Waals surface area contributed by atoms with E-state index in [1.54, 1.807) is 17.8 Å². The van der Waals surface area contributed by atoms with Gasteiger partial charge >= 0.3 is 0 Å².